The third-order valence-corrected chi connectivity index (χ3v) is 4.84. The third kappa shape index (κ3) is 1.25. The lowest BCUT2D eigenvalue weighted by molar-refractivity contribution is -0.0434. The first-order valence-corrected chi connectivity index (χ1v) is 5.98. The van der Waals surface area contributed by atoms with Crippen molar-refractivity contribution in [2.75, 3.05) is 0 Å². The molecule has 0 spiro atoms. The van der Waals surface area contributed by atoms with Crippen LogP contribution < -0.4 is 0 Å². The second-order valence-electron chi connectivity index (χ2n) is 5.38. The van der Waals surface area contributed by atoms with Crippen molar-refractivity contribution in [3.8, 4) is 0 Å². The Morgan fingerprint density at radius 2 is 1.86 bits per heavy atom. The Morgan fingerprint density at radius 1 is 1.21 bits per heavy atom. The monoisotopic (exact) mass is 194 g/mol. The molecule has 2 saturated carbocycles. The third-order valence-electron chi connectivity index (χ3n) is 4.84. The van der Waals surface area contributed by atoms with Crippen molar-refractivity contribution < 1.29 is 5.11 Å². The van der Waals surface area contributed by atoms with Crippen LogP contribution in [0.5, 0.6) is 0 Å². The van der Waals surface area contributed by atoms with E-state index in [1.54, 1.807) is 6.08 Å². The Morgan fingerprint density at radius 3 is 2.43 bits per heavy atom. The molecule has 1 nitrogen and oxygen atoms in total. The van der Waals surface area contributed by atoms with E-state index in [0.29, 0.717) is 0 Å². The summed E-state index contributed by atoms with van der Waals surface area (Å²) in [5, 5.41) is 10.6. The van der Waals surface area contributed by atoms with E-state index in [4.69, 9.17) is 0 Å². The molecule has 0 aromatic heterocycles. The molecule has 2 rings (SSSR count). The highest BCUT2D eigenvalue weighted by Gasteiger charge is 2.53. The standard InChI is InChI=1S/C13H22O/c1-3-13(14)10-6-9-12(13,2)11-7-4-5-8-11/h3,11,14H,1,4-10H2,2H3. The quantitative estimate of drug-likeness (QED) is 0.669. The van der Waals surface area contributed by atoms with Crippen LogP contribution in [-0.4, -0.2) is 10.7 Å². The van der Waals surface area contributed by atoms with Gasteiger partial charge in [-0.15, -0.1) is 6.58 Å². The number of hydrogen-bond acceptors (Lipinski definition) is 1. The molecule has 0 heterocycles. The molecule has 80 valence electrons. The van der Waals surface area contributed by atoms with E-state index >= 15 is 0 Å². The molecule has 1 heteroatoms. The van der Waals surface area contributed by atoms with E-state index < -0.39 is 5.60 Å². The minimum Gasteiger partial charge on any atom is -0.385 e. The summed E-state index contributed by atoms with van der Waals surface area (Å²) in [6.07, 6.45) is 10.4. The van der Waals surface area contributed by atoms with Crippen LogP contribution in [0.4, 0.5) is 0 Å². The molecule has 0 bridgehead atoms. The summed E-state index contributed by atoms with van der Waals surface area (Å²) in [4.78, 5) is 0. The van der Waals surface area contributed by atoms with Gasteiger partial charge in [0.15, 0.2) is 0 Å². The Kier molecular flexibility index (Phi) is 2.46. The molecule has 0 aromatic carbocycles. The smallest absolute Gasteiger partial charge is 0.0881 e. The Balaban J connectivity index is 2.23. The van der Waals surface area contributed by atoms with E-state index in [1.165, 1.54) is 32.1 Å². The zero-order valence-corrected chi connectivity index (χ0v) is 9.26. The van der Waals surface area contributed by atoms with E-state index in [-0.39, 0.29) is 5.41 Å². The van der Waals surface area contributed by atoms with Crippen molar-refractivity contribution >= 4 is 0 Å². The fourth-order valence-electron chi connectivity index (χ4n) is 3.68. The molecule has 2 unspecified atom stereocenters. The molecule has 0 aliphatic heterocycles. The van der Waals surface area contributed by atoms with Crippen molar-refractivity contribution in [3.05, 3.63) is 12.7 Å². The van der Waals surface area contributed by atoms with E-state index in [2.05, 4.69) is 13.5 Å². The summed E-state index contributed by atoms with van der Waals surface area (Å²) in [5.74, 6) is 0.730. The van der Waals surface area contributed by atoms with Gasteiger partial charge in [0, 0.05) is 5.41 Å². The van der Waals surface area contributed by atoms with Crippen molar-refractivity contribution in [2.24, 2.45) is 11.3 Å². The van der Waals surface area contributed by atoms with E-state index in [9.17, 15) is 5.11 Å². The summed E-state index contributed by atoms with van der Waals surface area (Å²) in [6.45, 7) is 6.11. The van der Waals surface area contributed by atoms with E-state index in [0.717, 1.165) is 18.8 Å². The normalized spacial score (nSPS) is 44.4. The van der Waals surface area contributed by atoms with Gasteiger partial charge in [-0.2, -0.15) is 0 Å². The second kappa shape index (κ2) is 3.37. The van der Waals surface area contributed by atoms with Gasteiger partial charge in [0.05, 0.1) is 5.60 Å². The van der Waals surface area contributed by atoms with Gasteiger partial charge in [0.25, 0.3) is 0 Å². The van der Waals surface area contributed by atoms with Crippen molar-refractivity contribution in [3.63, 3.8) is 0 Å². The van der Waals surface area contributed by atoms with Crippen LogP contribution in [0.15, 0.2) is 12.7 Å². The van der Waals surface area contributed by atoms with Crippen LogP contribution in [0.1, 0.15) is 51.9 Å². The van der Waals surface area contributed by atoms with Crippen molar-refractivity contribution in [1.82, 2.24) is 0 Å². The minimum atomic E-state index is -0.581. The summed E-state index contributed by atoms with van der Waals surface area (Å²) < 4.78 is 0. The van der Waals surface area contributed by atoms with Crippen LogP contribution in [-0.2, 0) is 0 Å². The molecule has 1 N–H and O–H groups in total. The Bertz CT molecular complexity index is 229. The lowest BCUT2D eigenvalue weighted by Gasteiger charge is -2.42. The van der Waals surface area contributed by atoms with Gasteiger partial charge < -0.3 is 5.11 Å². The van der Waals surface area contributed by atoms with Crippen LogP contribution in [0.3, 0.4) is 0 Å². The number of aliphatic hydroxyl groups is 1. The fraction of sp³-hybridized carbons (Fsp3) is 0.846. The lowest BCUT2D eigenvalue weighted by Crippen LogP contribution is -2.44. The topological polar surface area (TPSA) is 20.2 Å². The first-order chi connectivity index (χ1) is 6.62. The molecule has 2 aliphatic carbocycles. The first-order valence-electron chi connectivity index (χ1n) is 5.98. The molecule has 2 aliphatic rings. The molecular formula is C13H22O. The number of hydrogen-bond donors (Lipinski definition) is 1. The zero-order chi connectivity index (χ0) is 10.2. The summed E-state index contributed by atoms with van der Waals surface area (Å²) in [5.41, 5.74) is -0.465. The highest BCUT2D eigenvalue weighted by molar-refractivity contribution is 5.13. The predicted octanol–water partition coefficient (Wildman–Crippen LogP) is 3.28. The maximum absolute atomic E-state index is 10.6. The van der Waals surface area contributed by atoms with Gasteiger partial charge in [-0.25, -0.2) is 0 Å². The molecule has 2 atom stereocenters. The van der Waals surface area contributed by atoms with Crippen LogP contribution in [0, 0.1) is 11.3 Å². The van der Waals surface area contributed by atoms with Gasteiger partial charge >= 0.3 is 0 Å². The molecule has 0 amide bonds. The van der Waals surface area contributed by atoms with Gasteiger partial charge in [-0.05, 0) is 38.0 Å². The predicted molar refractivity (Wildman–Crippen MR) is 59.1 cm³/mol. The first kappa shape index (κ1) is 10.2. The van der Waals surface area contributed by atoms with Gasteiger partial charge in [-0.1, -0.05) is 25.8 Å². The highest BCUT2D eigenvalue weighted by Crippen LogP contribution is 2.56. The largest absolute Gasteiger partial charge is 0.385 e. The summed E-state index contributed by atoms with van der Waals surface area (Å²) in [6, 6.07) is 0. The van der Waals surface area contributed by atoms with Crippen LogP contribution >= 0.6 is 0 Å². The molecule has 14 heavy (non-hydrogen) atoms. The molecule has 2 fully saturated rings. The average Bonchev–Trinajstić information content (AvgIpc) is 2.77. The van der Waals surface area contributed by atoms with E-state index in [1.807, 2.05) is 0 Å². The summed E-state index contributed by atoms with van der Waals surface area (Å²) in [7, 11) is 0. The highest BCUT2D eigenvalue weighted by atomic mass is 16.3. The SMILES string of the molecule is C=CC1(O)CCCC1(C)C1CCCC1. The molecule has 0 aromatic rings. The second-order valence-corrected chi connectivity index (χ2v) is 5.38. The Labute approximate surface area is 87.2 Å². The minimum absolute atomic E-state index is 0.116. The molecule has 0 radical (unpaired) electrons. The maximum Gasteiger partial charge on any atom is 0.0881 e. The molecule has 0 saturated heterocycles. The zero-order valence-electron chi connectivity index (χ0n) is 9.26. The van der Waals surface area contributed by atoms with Gasteiger partial charge in [0.2, 0.25) is 0 Å². The number of rotatable bonds is 2. The maximum atomic E-state index is 10.6. The van der Waals surface area contributed by atoms with Crippen LogP contribution in [0.25, 0.3) is 0 Å². The van der Waals surface area contributed by atoms with Gasteiger partial charge in [-0.3, -0.25) is 0 Å². The average molecular weight is 194 g/mol. The van der Waals surface area contributed by atoms with Crippen molar-refractivity contribution in [1.29, 1.82) is 0 Å². The van der Waals surface area contributed by atoms with Gasteiger partial charge in [0.1, 0.15) is 0 Å². The summed E-state index contributed by atoms with van der Waals surface area (Å²) >= 11 is 0. The Hall–Kier alpha value is -0.300. The van der Waals surface area contributed by atoms with Crippen molar-refractivity contribution in [2.45, 2.75) is 57.5 Å². The fourth-order valence-corrected chi connectivity index (χ4v) is 3.68. The molecular weight excluding hydrogens is 172 g/mol. The van der Waals surface area contributed by atoms with Crippen LogP contribution in [0.2, 0.25) is 0 Å². The lowest BCUT2D eigenvalue weighted by atomic mass is 9.66.